The molecule has 0 unspecified atom stereocenters. The Labute approximate surface area is 144 Å². The third-order valence-electron chi connectivity index (χ3n) is 3.65. The molecule has 0 atom stereocenters. The molecular weight excluding hydrogens is 322 g/mol. The number of amides is 1. The van der Waals surface area contributed by atoms with Crippen LogP contribution in [-0.4, -0.2) is 25.7 Å². The normalized spacial score (nSPS) is 11.5. The van der Waals surface area contributed by atoms with Gasteiger partial charge in [0.25, 0.3) is 5.91 Å². The third kappa shape index (κ3) is 3.16. The Morgan fingerprint density at radius 2 is 1.96 bits per heavy atom. The molecule has 0 radical (unpaired) electrons. The summed E-state index contributed by atoms with van der Waals surface area (Å²) in [4.78, 5) is 15.5. The van der Waals surface area contributed by atoms with E-state index < -0.39 is 0 Å². The Hall–Kier alpha value is -2.67. The predicted molar refractivity (Wildman–Crippen MR) is 96.2 cm³/mol. The highest BCUT2D eigenvalue weighted by Crippen LogP contribution is 2.22. The number of nitrogens with zero attached hydrogens (tertiary/aromatic N) is 2. The maximum atomic E-state index is 12.6. The van der Waals surface area contributed by atoms with Gasteiger partial charge in [0.1, 0.15) is 5.69 Å². The van der Waals surface area contributed by atoms with E-state index in [1.807, 2.05) is 36.4 Å². The minimum Gasteiger partial charge on any atom is -0.336 e. The van der Waals surface area contributed by atoms with Gasteiger partial charge in [0.2, 0.25) is 0 Å². The van der Waals surface area contributed by atoms with E-state index in [4.69, 9.17) is 12.2 Å². The lowest BCUT2D eigenvalue weighted by atomic mass is 9.92. The number of aromatic amines is 2. The number of H-pyrrole nitrogens is 2. The Kier molecular flexibility index (Phi) is 4.11. The van der Waals surface area contributed by atoms with Gasteiger partial charge in [-0.25, -0.2) is 0 Å². The van der Waals surface area contributed by atoms with E-state index in [1.54, 1.807) is 10.8 Å². The first kappa shape index (κ1) is 16.2. The van der Waals surface area contributed by atoms with Crippen LogP contribution < -0.4 is 5.32 Å². The largest absolute Gasteiger partial charge is 0.336 e. The summed E-state index contributed by atoms with van der Waals surface area (Å²) in [7, 11) is 0. The van der Waals surface area contributed by atoms with Crippen molar-refractivity contribution in [2.75, 3.05) is 5.32 Å². The van der Waals surface area contributed by atoms with Crippen LogP contribution in [0.4, 0.5) is 5.82 Å². The van der Waals surface area contributed by atoms with Gasteiger partial charge in [-0.1, -0.05) is 39.0 Å². The molecule has 7 heteroatoms. The average molecular weight is 341 g/mol. The number of rotatable bonds is 3. The molecule has 3 rings (SSSR count). The Morgan fingerprint density at radius 3 is 2.58 bits per heavy atom. The molecule has 3 aromatic rings. The smallest absolute Gasteiger partial charge is 0.275 e. The number of carbonyl (C=O) groups is 1. The number of carbonyl (C=O) groups excluding carboxylic acids is 1. The molecule has 0 saturated heterocycles. The number of hydrogen-bond acceptors (Lipinski definition) is 3. The molecule has 0 spiro atoms. The number of hydrogen-bond donors (Lipinski definition) is 3. The molecule has 2 aromatic heterocycles. The molecule has 124 valence electrons. The first-order valence-electron chi connectivity index (χ1n) is 7.59. The number of aromatic nitrogens is 4. The van der Waals surface area contributed by atoms with Gasteiger partial charge < -0.3 is 10.3 Å². The van der Waals surface area contributed by atoms with Crippen LogP contribution in [0.15, 0.2) is 42.6 Å². The summed E-state index contributed by atoms with van der Waals surface area (Å²) in [5.41, 5.74) is 2.13. The van der Waals surface area contributed by atoms with Crippen LogP contribution in [0, 0.1) is 4.77 Å². The second-order valence-electron chi connectivity index (χ2n) is 6.52. The zero-order valence-corrected chi connectivity index (χ0v) is 14.6. The van der Waals surface area contributed by atoms with Crippen molar-refractivity contribution in [3.05, 3.63) is 58.8 Å². The first-order chi connectivity index (χ1) is 11.4. The van der Waals surface area contributed by atoms with Crippen molar-refractivity contribution in [2.45, 2.75) is 26.2 Å². The highest BCUT2D eigenvalue weighted by molar-refractivity contribution is 7.71. The lowest BCUT2D eigenvalue weighted by Crippen LogP contribution is -2.16. The van der Waals surface area contributed by atoms with Gasteiger partial charge in [0.05, 0.1) is 0 Å². The summed E-state index contributed by atoms with van der Waals surface area (Å²) < 4.78 is 2.16. The van der Waals surface area contributed by atoms with Gasteiger partial charge in [-0.05, 0) is 24.4 Å². The van der Waals surface area contributed by atoms with Crippen LogP contribution in [0.3, 0.4) is 0 Å². The van der Waals surface area contributed by atoms with Crippen molar-refractivity contribution in [1.29, 1.82) is 0 Å². The standard InChI is InChI=1S/C17H19N5OS/c1-17(2,3)13-9-14(21-20-13)19-15(23)12-10-18-16(24)22(12)11-7-5-4-6-8-11/h4-10H,1-3H3,(H,18,24)(H2,19,20,21,23). The summed E-state index contributed by atoms with van der Waals surface area (Å²) in [5.74, 6) is 0.204. The molecular formula is C17H19N5OS. The van der Waals surface area contributed by atoms with E-state index in [9.17, 15) is 4.79 Å². The Bertz CT molecular complexity index is 914. The zero-order valence-electron chi connectivity index (χ0n) is 13.8. The summed E-state index contributed by atoms with van der Waals surface area (Å²) in [6, 6.07) is 11.3. The number of anilines is 1. The van der Waals surface area contributed by atoms with Crippen LogP contribution in [0.2, 0.25) is 0 Å². The van der Waals surface area contributed by atoms with Gasteiger partial charge in [-0.2, -0.15) is 5.10 Å². The van der Waals surface area contributed by atoms with Crippen LogP contribution >= 0.6 is 12.2 Å². The lowest BCUT2D eigenvalue weighted by Gasteiger charge is -2.14. The van der Waals surface area contributed by atoms with E-state index in [0.717, 1.165) is 11.4 Å². The Morgan fingerprint density at radius 1 is 1.25 bits per heavy atom. The van der Waals surface area contributed by atoms with Crippen molar-refractivity contribution in [2.24, 2.45) is 0 Å². The van der Waals surface area contributed by atoms with E-state index in [-0.39, 0.29) is 11.3 Å². The zero-order chi connectivity index (χ0) is 17.3. The fourth-order valence-corrected chi connectivity index (χ4v) is 2.58. The highest BCUT2D eigenvalue weighted by Gasteiger charge is 2.19. The first-order valence-corrected chi connectivity index (χ1v) is 8.00. The van der Waals surface area contributed by atoms with E-state index >= 15 is 0 Å². The lowest BCUT2D eigenvalue weighted by molar-refractivity contribution is 0.102. The summed E-state index contributed by atoms with van der Waals surface area (Å²) in [6.45, 7) is 6.22. The molecule has 0 aliphatic rings. The van der Waals surface area contributed by atoms with Gasteiger partial charge in [0, 0.05) is 29.1 Å². The maximum absolute atomic E-state index is 12.6. The highest BCUT2D eigenvalue weighted by atomic mass is 32.1. The minimum atomic E-state index is -0.279. The van der Waals surface area contributed by atoms with Gasteiger partial charge >= 0.3 is 0 Å². The topological polar surface area (TPSA) is 78.5 Å². The molecule has 0 aliphatic carbocycles. The number of benzene rings is 1. The van der Waals surface area contributed by atoms with Crippen LogP contribution in [0.25, 0.3) is 5.69 Å². The molecule has 1 aromatic carbocycles. The number of para-hydroxylation sites is 1. The fourth-order valence-electron chi connectivity index (χ4n) is 2.32. The molecule has 1 amide bonds. The second kappa shape index (κ2) is 6.09. The van der Waals surface area contributed by atoms with Crippen LogP contribution in [-0.2, 0) is 5.41 Å². The second-order valence-corrected chi connectivity index (χ2v) is 6.91. The monoisotopic (exact) mass is 341 g/mol. The van der Waals surface area contributed by atoms with E-state index in [1.165, 1.54) is 0 Å². The van der Waals surface area contributed by atoms with Crippen molar-refractivity contribution in [1.82, 2.24) is 19.7 Å². The molecule has 0 bridgehead atoms. The summed E-state index contributed by atoms with van der Waals surface area (Å²) in [6.07, 6.45) is 1.60. The van der Waals surface area contributed by atoms with Crippen molar-refractivity contribution >= 4 is 23.9 Å². The average Bonchev–Trinajstić information content (AvgIpc) is 3.14. The predicted octanol–water partition coefficient (Wildman–Crippen LogP) is 3.81. The SMILES string of the molecule is CC(C)(C)c1cc(NC(=O)c2c[nH]c(=S)n2-c2ccccc2)n[nH]1. The van der Waals surface area contributed by atoms with E-state index in [2.05, 4.69) is 41.3 Å². The van der Waals surface area contributed by atoms with Crippen molar-refractivity contribution in [3.8, 4) is 5.69 Å². The molecule has 6 nitrogen and oxygen atoms in total. The van der Waals surface area contributed by atoms with Gasteiger partial charge in [-0.3, -0.25) is 14.5 Å². The van der Waals surface area contributed by atoms with E-state index in [0.29, 0.717) is 16.3 Å². The van der Waals surface area contributed by atoms with Crippen LogP contribution in [0.1, 0.15) is 37.0 Å². The summed E-state index contributed by atoms with van der Waals surface area (Å²) >= 11 is 5.30. The van der Waals surface area contributed by atoms with Crippen molar-refractivity contribution in [3.63, 3.8) is 0 Å². The number of nitrogens with one attached hydrogen (secondary N) is 3. The molecule has 3 N–H and O–H groups in total. The summed E-state index contributed by atoms with van der Waals surface area (Å²) in [5, 5.41) is 9.91. The molecule has 0 saturated carbocycles. The van der Waals surface area contributed by atoms with Crippen molar-refractivity contribution < 1.29 is 4.79 Å². The molecule has 0 aliphatic heterocycles. The van der Waals surface area contributed by atoms with Gasteiger partial charge in [-0.15, -0.1) is 0 Å². The fraction of sp³-hybridized carbons (Fsp3) is 0.235. The Balaban J connectivity index is 1.89. The molecule has 0 fully saturated rings. The quantitative estimate of drug-likeness (QED) is 0.634. The number of imidazole rings is 1. The maximum Gasteiger partial charge on any atom is 0.275 e. The van der Waals surface area contributed by atoms with Gasteiger partial charge in [0.15, 0.2) is 10.6 Å². The molecule has 2 heterocycles. The van der Waals surface area contributed by atoms with Crippen LogP contribution in [0.5, 0.6) is 0 Å². The third-order valence-corrected chi connectivity index (χ3v) is 3.95. The molecule has 24 heavy (non-hydrogen) atoms. The minimum absolute atomic E-state index is 0.0677.